The maximum atomic E-state index is 11.1. The molecule has 1 unspecified atom stereocenters. The minimum absolute atomic E-state index is 0.00956. The zero-order valence-electron chi connectivity index (χ0n) is 9.77. The van der Waals surface area contributed by atoms with Crippen LogP contribution in [0.25, 0.3) is 0 Å². The van der Waals surface area contributed by atoms with Crippen molar-refractivity contribution in [3.8, 4) is 0 Å². The zero-order valence-corrected chi connectivity index (χ0v) is 10.6. The lowest BCUT2D eigenvalue weighted by Gasteiger charge is -2.15. The number of hydrogen-bond donors (Lipinski definition) is 1. The van der Waals surface area contributed by atoms with E-state index in [4.69, 9.17) is 4.42 Å². The molecule has 0 aromatic carbocycles. The van der Waals surface area contributed by atoms with Gasteiger partial charge in [0.25, 0.3) is 0 Å². The molecule has 0 aliphatic rings. The number of furan rings is 1. The summed E-state index contributed by atoms with van der Waals surface area (Å²) in [6.07, 6.45) is 4.42. The third-order valence-electron chi connectivity index (χ3n) is 2.30. The number of sulfone groups is 1. The lowest BCUT2D eigenvalue weighted by atomic mass is 10.1. The van der Waals surface area contributed by atoms with Crippen molar-refractivity contribution in [3.05, 3.63) is 24.2 Å². The van der Waals surface area contributed by atoms with Crippen LogP contribution in [0, 0.1) is 0 Å². The molecule has 0 spiro atoms. The molecule has 0 radical (unpaired) electrons. The Bertz CT molecular complexity index is 383. The Balaban J connectivity index is 2.58. The van der Waals surface area contributed by atoms with Crippen molar-refractivity contribution in [3.63, 3.8) is 0 Å². The summed E-state index contributed by atoms with van der Waals surface area (Å²) in [4.78, 5) is 0. The van der Waals surface area contributed by atoms with Gasteiger partial charge >= 0.3 is 0 Å². The van der Waals surface area contributed by atoms with Gasteiger partial charge in [0, 0.05) is 6.26 Å². The van der Waals surface area contributed by atoms with Crippen LogP contribution in [0.1, 0.15) is 31.6 Å². The fraction of sp³-hybridized carbons (Fsp3) is 0.636. The fourth-order valence-electron chi connectivity index (χ4n) is 1.48. The predicted molar refractivity (Wildman–Crippen MR) is 64.1 cm³/mol. The van der Waals surface area contributed by atoms with E-state index in [-0.39, 0.29) is 11.8 Å². The molecule has 1 heterocycles. The van der Waals surface area contributed by atoms with E-state index in [2.05, 4.69) is 12.2 Å². The molecule has 0 aliphatic heterocycles. The Kier molecular flexibility index (Phi) is 5.02. The highest BCUT2D eigenvalue weighted by molar-refractivity contribution is 7.90. The summed E-state index contributed by atoms with van der Waals surface area (Å²) in [6, 6.07) is 3.68. The molecule has 0 bridgehead atoms. The summed E-state index contributed by atoms with van der Waals surface area (Å²) in [5, 5.41) is 3.29. The molecule has 4 nitrogen and oxygen atoms in total. The maximum Gasteiger partial charge on any atom is 0.147 e. The number of rotatable bonds is 7. The molecule has 0 amide bonds. The van der Waals surface area contributed by atoms with Gasteiger partial charge in [-0.05, 0) is 31.5 Å². The van der Waals surface area contributed by atoms with E-state index in [9.17, 15) is 8.42 Å². The van der Waals surface area contributed by atoms with Gasteiger partial charge in [-0.15, -0.1) is 0 Å². The molecule has 1 atom stereocenters. The summed E-state index contributed by atoms with van der Waals surface area (Å²) < 4.78 is 27.5. The summed E-state index contributed by atoms with van der Waals surface area (Å²) in [5.41, 5.74) is 0. The zero-order chi connectivity index (χ0) is 12.0. The van der Waals surface area contributed by atoms with Gasteiger partial charge in [0.15, 0.2) is 0 Å². The normalized spacial score (nSPS) is 13.9. The van der Waals surface area contributed by atoms with Gasteiger partial charge in [-0.25, -0.2) is 8.42 Å². The van der Waals surface area contributed by atoms with E-state index in [1.54, 1.807) is 6.26 Å². The van der Waals surface area contributed by atoms with Crippen molar-refractivity contribution in [2.75, 3.05) is 18.6 Å². The molecule has 0 aliphatic carbocycles. The molecular formula is C11H19NO3S. The van der Waals surface area contributed by atoms with Crippen LogP contribution >= 0.6 is 0 Å². The van der Waals surface area contributed by atoms with Crippen molar-refractivity contribution in [2.24, 2.45) is 0 Å². The second-order valence-corrected chi connectivity index (χ2v) is 6.20. The highest BCUT2D eigenvalue weighted by atomic mass is 32.2. The Morgan fingerprint density at radius 2 is 2.25 bits per heavy atom. The van der Waals surface area contributed by atoms with Crippen molar-refractivity contribution >= 4 is 9.84 Å². The second kappa shape index (κ2) is 6.06. The molecule has 16 heavy (non-hydrogen) atoms. The Morgan fingerprint density at radius 3 is 2.75 bits per heavy atom. The minimum atomic E-state index is -2.92. The highest BCUT2D eigenvalue weighted by Gasteiger charge is 2.15. The summed E-state index contributed by atoms with van der Waals surface area (Å²) in [5.74, 6) is 0.979. The van der Waals surface area contributed by atoms with Gasteiger partial charge in [0.1, 0.15) is 15.6 Å². The maximum absolute atomic E-state index is 11.1. The molecule has 0 saturated carbocycles. The number of hydrogen-bond acceptors (Lipinski definition) is 4. The van der Waals surface area contributed by atoms with Crippen LogP contribution in [0.2, 0.25) is 0 Å². The smallest absolute Gasteiger partial charge is 0.147 e. The third-order valence-corrected chi connectivity index (χ3v) is 3.28. The summed E-state index contributed by atoms with van der Waals surface area (Å²) in [6.45, 7) is 2.93. The van der Waals surface area contributed by atoms with Crippen LogP contribution in [0.15, 0.2) is 22.8 Å². The average Bonchev–Trinajstić information content (AvgIpc) is 2.69. The molecule has 1 aromatic heterocycles. The molecular weight excluding hydrogens is 226 g/mol. The van der Waals surface area contributed by atoms with Crippen molar-refractivity contribution < 1.29 is 12.8 Å². The van der Waals surface area contributed by atoms with Crippen molar-refractivity contribution in [2.45, 2.75) is 25.8 Å². The first-order valence-electron chi connectivity index (χ1n) is 5.47. The first-order valence-corrected chi connectivity index (χ1v) is 7.53. The van der Waals surface area contributed by atoms with E-state index in [0.717, 1.165) is 18.7 Å². The average molecular weight is 245 g/mol. The molecule has 1 aromatic rings. The minimum Gasteiger partial charge on any atom is -0.468 e. The Labute approximate surface area is 97.0 Å². The van der Waals surface area contributed by atoms with Gasteiger partial charge in [0.2, 0.25) is 0 Å². The van der Waals surface area contributed by atoms with Gasteiger partial charge in [-0.3, -0.25) is 0 Å². The third kappa shape index (κ3) is 4.81. The van der Waals surface area contributed by atoms with Crippen molar-refractivity contribution in [1.82, 2.24) is 5.32 Å². The standard InChI is InChI=1S/C11H19NO3S/c1-3-7-12-10(6-9-16(2,13)14)11-5-4-8-15-11/h4-5,8,10,12H,3,6-7,9H2,1-2H3. The van der Waals surface area contributed by atoms with Gasteiger partial charge < -0.3 is 9.73 Å². The Morgan fingerprint density at radius 1 is 1.50 bits per heavy atom. The molecule has 1 N–H and O–H groups in total. The van der Waals surface area contributed by atoms with Crippen LogP contribution in [-0.2, 0) is 9.84 Å². The molecule has 0 fully saturated rings. The monoisotopic (exact) mass is 245 g/mol. The molecule has 92 valence electrons. The van der Waals surface area contributed by atoms with Gasteiger partial charge in [-0.1, -0.05) is 6.92 Å². The van der Waals surface area contributed by atoms with E-state index in [1.807, 2.05) is 12.1 Å². The second-order valence-electron chi connectivity index (χ2n) is 3.94. The first-order chi connectivity index (χ1) is 7.53. The van der Waals surface area contributed by atoms with E-state index >= 15 is 0 Å². The topological polar surface area (TPSA) is 59.3 Å². The van der Waals surface area contributed by atoms with Crippen LogP contribution in [-0.4, -0.2) is 27.0 Å². The van der Waals surface area contributed by atoms with E-state index in [0.29, 0.717) is 6.42 Å². The van der Waals surface area contributed by atoms with Crippen LogP contribution in [0.3, 0.4) is 0 Å². The summed E-state index contributed by atoms with van der Waals surface area (Å²) >= 11 is 0. The predicted octanol–water partition coefficient (Wildman–Crippen LogP) is 1.76. The largest absolute Gasteiger partial charge is 0.468 e. The SMILES string of the molecule is CCCNC(CCS(C)(=O)=O)c1ccco1. The molecule has 1 rings (SSSR count). The van der Waals surface area contributed by atoms with Crippen LogP contribution in [0.5, 0.6) is 0 Å². The van der Waals surface area contributed by atoms with Crippen molar-refractivity contribution in [1.29, 1.82) is 0 Å². The van der Waals surface area contributed by atoms with Gasteiger partial charge in [0.05, 0.1) is 18.1 Å². The van der Waals surface area contributed by atoms with E-state index < -0.39 is 9.84 Å². The summed E-state index contributed by atoms with van der Waals surface area (Å²) in [7, 11) is -2.92. The van der Waals surface area contributed by atoms with Crippen LogP contribution < -0.4 is 5.32 Å². The number of nitrogens with one attached hydrogen (secondary N) is 1. The van der Waals surface area contributed by atoms with E-state index in [1.165, 1.54) is 6.26 Å². The van der Waals surface area contributed by atoms with Crippen LogP contribution in [0.4, 0.5) is 0 Å². The molecule has 0 saturated heterocycles. The van der Waals surface area contributed by atoms with Gasteiger partial charge in [-0.2, -0.15) is 0 Å². The molecule has 5 heteroatoms. The Hall–Kier alpha value is -0.810. The quantitative estimate of drug-likeness (QED) is 0.795. The fourth-order valence-corrected chi connectivity index (χ4v) is 2.15. The lowest BCUT2D eigenvalue weighted by molar-refractivity contribution is 0.405. The first kappa shape index (κ1) is 13.3. The lowest BCUT2D eigenvalue weighted by Crippen LogP contribution is -2.24. The highest BCUT2D eigenvalue weighted by Crippen LogP contribution is 2.17.